The zero-order valence-corrected chi connectivity index (χ0v) is 17.4. The molecule has 0 aliphatic rings. The van der Waals surface area contributed by atoms with Gasteiger partial charge < -0.3 is 14.8 Å². The normalized spacial score (nSPS) is 11.8. The Hall–Kier alpha value is -3.89. The molecule has 0 aliphatic heterocycles. The SMILES string of the molecule is COc1cccc(/C=C\C(=O)Nc2c(C(F)(F)F)c(C)nn2-c2ccccc2)c1OC(F)F. The van der Waals surface area contributed by atoms with E-state index in [1.807, 2.05) is 0 Å². The van der Waals surface area contributed by atoms with Crippen LogP contribution in [0.25, 0.3) is 11.8 Å². The van der Waals surface area contributed by atoms with Crippen LogP contribution in [0, 0.1) is 6.92 Å². The lowest BCUT2D eigenvalue weighted by Gasteiger charge is -2.13. The first-order valence-corrected chi connectivity index (χ1v) is 9.45. The fraction of sp³-hybridized carbons (Fsp3) is 0.182. The maximum absolute atomic E-state index is 13.7. The third kappa shape index (κ3) is 5.48. The van der Waals surface area contributed by atoms with Crippen molar-refractivity contribution in [3.05, 3.63) is 71.4 Å². The predicted octanol–water partition coefficient (Wildman–Crippen LogP) is 5.46. The molecule has 0 atom stereocenters. The molecule has 0 aliphatic carbocycles. The van der Waals surface area contributed by atoms with Crippen LogP contribution in [-0.2, 0) is 11.0 Å². The quantitative estimate of drug-likeness (QED) is 0.370. The predicted molar refractivity (Wildman–Crippen MR) is 111 cm³/mol. The molecule has 0 unspecified atom stereocenters. The van der Waals surface area contributed by atoms with E-state index in [4.69, 9.17) is 4.74 Å². The number of ether oxygens (including phenoxy) is 2. The van der Waals surface area contributed by atoms with Gasteiger partial charge in [-0.15, -0.1) is 0 Å². The van der Waals surface area contributed by atoms with Gasteiger partial charge in [-0.05, 0) is 31.2 Å². The number of hydrogen-bond donors (Lipinski definition) is 1. The number of para-hydroxylation sites is 2. The number of rotatable bonds is 7. The van der Waals surface area contributed by atoms with Gasteiger partial charge in [0, 0.05) is 11.6 Å². The first-order chi connectivity index (χ1) is 15.6. The average Bonchev–Trinajstić information content (AvgIpc) is 3.09. The molecule has 1 amide bonds. The smallest absolute Gasteiger partial charge is 0.421 e. The molecule has 0 spiro atoms. The van der Waals surface area contributed by atoms with Gasteiger partial charge in [0.15, 0.2) is 11.5 Å². The second kappa shape index (κ2) is 9.72. The number of aryl methyl sites for hydroxylation is 1. The van der Waals surface area contributed by atoms with Gasteiger partial charge >= 0.3 is 12.8 Å². The van der Waals surface area contributed by atoms with Gasteiger partial charge in [0.25, 0.3) is 0 Å². The lowest BCUT2D eigenvalue weighted by atomic mass is 10.1. The summed E-state index contributed by atoms with van der Waals surface area (Å²) in [5.74, 6) is -1.84. The third-order valence-corrected chi connectivity index (χ3v) is 4.44. The van der Waals surface area contributed by atoms with E-state index in [9.17, 15) is 26.7 Å². The van der Waals surface area contributed by atoms with Crippen LogP contribution in [0.4, 0.5) is 27.8 Å². The fourth-order valence-corrected chi connectivity index (χ4v) is 3.10. The average molecular weight is 467 g/mol. The largest absolute Gasteiger partial charge is 0.493 e. The summed E-state index contributed by atoms with van der Waals surface area (Å²) in [6.45, 7) is -1.97. The van der Waals surface area contributed by atoms with Crippen LogP contribution >= 0.6 is 0 Å². The van der Waals surface area contributed by atoms with Crippen LogP contribution in [0.3, 0.4) is 0 Å². The Labute approximate surface area is 185 Å². The number of carbonyl (C=O) groups excluding carboxylic acids is 1. The summed E-state index contributed by atoms with van der Waals surface area (Å²) in [6.07, 6.45) is -2.77. The zero-order chi connectivity index (χ0) is 24.2. The Morgan fingerprint density at radius 3 is 2.42 bits per heavy atom. The summed E-state index contributed by atoms with van der Waals surface area (Å²) in [7, 11) is 1.25. The first-order valence-electron chi connectivity index (χ1n) is 9.45. The molecule has 2 aromatic carbocycles. The molecule has 1 aromatic heterocycles. The zero-order valence-electron chi connectivity index (χ0n) is 17.4. The Morgan fingerprint density at radius 2 is 1.82 bits per heavy atom. The summed E-state index contributed by atoms with van der Waals surface area (Å²) >= 11 is 0. The summed E-state index contributed by atoms with van der Waals surface area (Å²) in [4.78, 5) is 12.5. The molecule has 0 radical (unpaired) electrons. The molecule has 0 saturated heterocycles. The highest BCUT2D eigenvalue weighted by Crippen LogP contribution is 2.38. The van der Waals surface area contributed by atoms with Crippen molar-refractivity contribution < 1.29 is 36.2 Å². The maximum Gasteiger partial charge on any atom is 0.421 e. The topological polar surface area (TPSA) is 65.4 Å². The minimum absolute atomic E-state index is 0.00463. The van der Waals surface area contributed by atoms with E-state index in [1.165, 1.54) is 44.4 Å². The van der Waals surface area contributed by atoms with E-state index in [0.29, 0.717) is 5.69 Å². The van der Waals surface area contributed by atoms with Crippen molar-refractivity contribution in [1.29, 1.82) is 0 Å². The summed E-state index contributed by atoms with van der Waals surface area (Å²) in [5, 5.41) is 6.12. The van der Waals surface area contributed by atoms with Crippen LogP contribution in [0.2, 0.25) is 0 Å². The van der Waals surface area contributed by atoms with E-state index in [2.05, 4.69) is 15.2 Å². The van der Waals surface area contributed by atoms with Crippen molar-refractivity contribution in [3.63, 3.8) is 0 Å². The number of nitrogens with zero attached hydrogens (tertiary/aromatic N) is 2. The molecule has 6 nitrogen and oxygen atoms in total. The third-order valence-electron chi connectivity index (χ3n) is 4.44. The second-order valence-electron chi connectivity index (χ2n) is 6.63. The first kappa shape index (κ1) is 23.8. The fourth-order valence-electron chi connectivity index (χ4n) is 3.10. The van der Waals surface area contributed by atoms with Crippen LogP contribution in [-0.4, -0.2) is 29.4 Å². The number of methoxy groups -OCH3 is 1. The van der Waals surface area contributed by atoms with Gasteiger partial charge in [-0.1, -0.05) is 30.3 Å². The van der Waals surface area contributed by atoms with Crippen LogP contribution in [0.5, 0.6) is 11.5 Å². The lowest BCUT2D eigenvalue weighted by molar-refractivity contribution is -0.137. The van der Waals surface area contributed by atoms with Crippen LogP contribution in [0.1, 0.15) is 16.8 Å². The van der Waals surface area contributed by atoms with Gasteiger partial charge in [-0.2, -0.15) is 27.1 Å². The molecule has 0 bridgehead atoms. The van der Waals surface area contributed by atoms with E-state index >= 15 is 0 Å². The Morgan fingerprint density at radius 1 is 1.12 bits per heavy atom. The van der Waals surface area contributed by atoms with E-state index in [0.717, 1.165) is 16.8 Å². The minimum Gasteiger partial charge on any atom is -0.493 e. The lowest BCUT2D eigenvalue weighted by Crippen LogP contribution is -2.17. The molecule has 0 saturated carbocycles. The van der Waals surface area contributed by atoms with E-state index in [1.54, 1.807) is 18.2 Å². The van der Waals surface area contributed by atoms with Gasteiger partial charge in [0.2, 0.25) is 5.91 Å². The van der Waals surface area contributed by atoms with Gasteiger partial charge in [-0.3, -0.25) is 4.79 Å². The Bertz CT molecular complexity index is 1160. The number of benzene rings is 2. The highest BCUT2D eigenvalue weighted by Gasteiger charge is 2.39. The monoisotopic (exact) mass is 467 g/mol. The number of aromatic nitrogens is 2. The second-order valence-corrected chi connectivity index (χ2v) is 6.63. The maximum atomic E-state index is 13.7. The molecule has 3 aromatic rings. The molecule has 174 valence electrons. The van der Waals surface area contributed by atoms with E-state index < -0.39 is 30.1 Å². The number of alkyl halides is 5. The standard InChI is InChI=1S/C22H18F5N3O3/c1-13-18(22(25,26)27)20(30(29-13)15-8-4-3-5-9-15)28-17(31)12-11-14-7-6-10-16(32-2)19(14)33-21(23)24/h3-12,21H,1-2H3,(H,28,31)/b12-11-. The van der Waals surface area contributed by atoms with Gasteiger partial charge in [-0.25, -0.2) is 4.68 Å². The van der Waals surface area contributed by atoms with Crippen LogP contribution in [0.15, 0.2) is 54.6 Å². The highest BCUT2D eigenvalue weighted by molar-refractivity contribution is 6.02. The van der Waals surface area contributed by atoms with Crippen molar-refractivity contribution in [2.75, 3.05) is 12.4 Å². The Kier molecular flexibility index (Phi) is 7.00. The summed E-state index contributed by atoms with van der Waals surface area (Å²) in [6, 6.07) is 12.2. The molecule has 3 rings (SSSR count). The number of nitrogens with one attached hydrogen (secondary N) is 1. The highest BCUT2D eigenvalue weighted by atomic mass is 19.4. The number of amides is 1. The van der Waals surface area contributed by atoms with Crippen molar-refractivity contribution >= 4 is 17.8 Å². The minimum atomic E-state index is -4.78. The van der Waals surface area contributed by atoms with Gasteiger partial charge in [0.05, 0.1) is 18.5 Å². The number of anilines is 1. The molecule has 11 heteroatoms. The molecule has 0 fully saturated rings. The molecular formula is C22H18F5N3O3. The molecule has 33 heavy (non-hydrogen) atoms. The number of carbonyl (C=O) groups is 1. The van der Waals surface area contributed by atoms with Crippen molar-refractivity contribution in [2.24, 2.45) is 0 Å². The van der Waals surface area contributed by atoms with Crippen molar-refractivity contribution in [1.82, 2.24) is 9.78 Å². The Balaban J connectivity index is 1.97. The molecular weight excluding hydrogens is 449 g/mol. The van der Waals surface area contributed by atoms with Crippen molar-refractivity contribution in [2.45, 2.75) is 19.7 Å². The van der Waals surface area contributed by atoms with Gasteiger partial charge in [0.1, 0.15) is 11.4 Å². The summed E-state index contributed by atoms with van der Waals surface area (Å²) < 4.78 is 77.0. The van der Waals surface area contributed by atoms with Crippen LogP contribution < -0.4 is 14.8 Å². The molecule has 1 N–H and O–H groups in total. The number of hydrogen-bond acceptors (Lipinski definition) is 4. The van der Waals surface area contributed by atoms with E-state index in [-0.39, 0.29) is 22.8 Å². The number of halogens is 5. The molecule has 1 heterocycles. The summed E-state index contributed by atoms with van der Waals surface area (Å²) in [5.41, 5.74) is -1.06. The van der Waals surface area contributed by atoms with Crippen molar-refractivity contribution in [3.8, 4) is 17.2 Å².